The van der Waals surface area contributed by atoms with Gasteiger partial charge in [0.2, 0.25) is 0 Å². The Balaban J connectivity index is 0.000000154. The van der Waals surface area contributed by atoms with E-state index in [0.29, 0.717) is 77.6 Å². The molecule has 0 aliphatic carbocycles. The maximum Gasteiger partial charge on any atom is 0.262 e. The summed E-state index contributed by atoms with van der Waals surface area (Å²) in [6, 6.07) is 0. The van der Waals surface area contributed by atoms with Crippen molar-refractivity contribution >= 4 is 69.4 Å². The maximum atomic E-state index is 12.9. The van der Waals surface area contributed by atoms with Crippen molar-refractivity contribution in [1.29, 1.82) is 0 Å². The Morgan fingerprint density at radius 2 is 0.544 bits per heavy atom. The number of thiophene rings is 1. The molecule has 0 N–H and O–H groups in total. The predicted octanol–water partition coefficient (Wildman–Crippen LogP) is 5.93. The van der Waals surface area contributed by atoms with Gasteiger partial charge < -0.3 is 9.80 Å². The Bertz CT molecular complexity index is 2400. The third kappa shape index (κ3) is 5.40. The molecule has 5 aliphatic heterocycles. The average molecular weight is 792 g/mol. The number of imide groups is 3. The third-order valence-electron chi connectivity index (χ3n) is 12.4. The van der Waals surface area contributed by atoms with E-state index in [0.717, 1.165) is 42.1 Å². The number of likely N-dealkylation sites (N-methyl/N-ethyl adjacent to an activating group) is 2. The highest BCUT2D eigenvalue weighted by molar-refractivity contribution is 7.12. The molecule has 296 valence electrons. The molecular formula is C43H45N5O8S. The molecule has 3 aromatic rings. The first-order valence-corrected chi connectivity index (χ1v) is 19.1. The quantitative estimate of drug-likeness (QED) is 0.201. The van der Waals surface area contributed by atoms with Gasteiger partial charge in [0.15, 0.2) is 0 Å². The van der Waals surface area contributed by atoms with Crippen molar-refractivity contribution in [2.24, 2.45) is 0 Å². The number of carbonyl (C=O) groups excluding carboxylic acids is 8. The van der Waals surface area contributed by atoms with Gasteiger partial charge in [0.1, 0.15) is 0 Å². The number of fused-ring (bicyclic) bond motifs is 1. The molecule has 0 atom stereocenters. The van der Waals surface area contributed by atoms with Gasteiger partial charge in [0, 0.05) is 67.2 Å². The monoisotopic (exact) mass is 791 g/mol. The zero-order valence-electron chi connectivity index (χ0n) is 34.9. The van der Waals surface area contributed by atoms with Gasteiger partial charge in [0.05, 0.1) is 44.5 Å². The lowest BCUT2D eigenvalue weighted by atomic mass is 9.78. The van der Waals surface area contributed by atoms with E-state index < -0.39 is 23.6 Å². The fourth-order valence-electron chi connectivity index (χ4n) is 8.22. The number of nitrogens with zero attached hydrogens (tertiary/aromatic N) is 5. The minimum absolute atomic E-state index is 0.0872. The Morgan fingerprint density at radius 1 is 0.316 bits per heavy atom. The van der Waals surface area contributed by atoms with E-state index in [4.69, 9.17) is 0 Å². The highest BCUT2D eigenvalue weighted by Crippen LogP contribution is 2.44. The van der Waals surface area contributed by atoms with E-state index in [1.54, 1.807) is 51.6 Å². The van der Waals surface area contributed by atoms with Gasteiger partial charge in [-0.3, -0.25) is 53.1 Å². The van der Waals surface area contributed by atoms with Crippen LogP contribution in [-0.2, 0) is 9.59 Å². The van der Waals surface area contributed by atoms with Crippen LogP contribution in [0.5, 0.6) is 0 Å². The van der Waals surface area contributed by atoms with E-state index >= 15 is 0 Å². The second-order valence-electron chi connectivity index (χ2n) is 15.1. The maximum absolute atomic E-state index is 12.9. The first-order valence-electron chi connectivity index (χ1n) is 18.3. The molecule has 0 saturated carbocycles. The molecule has 13 nitrogen and oxygen atoms in total. The van der Waals surface area contributed by atoms with E-state index in [1.807, 2.05) is 41.5 Å². The van der Waals surface area contributed by atoms with Crippen molar-refractivity contribution in [1.82, 2.24) is 24.5 Å². The average Bonchev–Trinajstić information content (AvgIpc) is 3.73. The van der Waals surface area contributed by atoms with E-state index in [1.165, 1.54) is 37.4 Å². The Hall–Kier alpha value is -6.02. The summed E-state index contributed by atoms with van der Waals surface area (Å²) in [5, 5.41) is 0.896. The van der Waals surface area contributed by atoms with Crippen molar-refractivity contribution in [3.8, 4) is 0 Å². The topological polar surface area (TPSA) is 153 Å². The minimum atomic E-state index is -0.400. The summed E-state index contributed by atoms with van der Waals surface area (Å²) in [5.41, 5.74) is 10.3. The molecule has 0 fully saturated rings. The first-order chi connectivity index (χ1) is 26.4. The minimum Gasteiger partial charge on any atom is -0.315 e. The van der Waals surface area contributed by atoms with Crippen LogP contribution in [0.3, 0.4) is 0 Å². The number of amides is 8. The van der Waals surface area contributed by atoms with Gasteiger partial charge in [-0.15, -0.1) is 11.3 Å². The van der Waals surface area contributed by atoms with Gasteiger partial charge in [-0.25, -0.2) is 0 Å². The number of rotatable bonds is 0. The lowest BCUT2D eigenvalue weighted by Crippen LogP contribution is -2.42. The second-order valence-corrected chi connectivity index (χ2v) is 16.6. The molecule has 8 rings (SSSR count). The van der Waals surface area contributed by atoms with E-state index in [9.17, 15) is 38.4 Å². The SMILES string of the molecule is CC1=C(C)N(C)C(=O)/C1=C1/C(=O)N(C)C(C)=C1C.Cc1c(C)c2c3c(c(C)c(C)c4c3c1C(=O)N(C)C4=O)C(=O)N(C)C2=O.Cc1sc(C)c2c1C(=O)N(C)C2=O. The van der Waals surface area contributed by atoms with Crippen LogP contribution >= 0.6 is 11.3 Å². The van der Waals surface area contributed by atoms with Crippen molar-refractivity contribution in [2.75, 3.05) is 35.2 Å². The van der Waals surface area contributed by atoms with Gasteiger partial charge in [0.25, 0.3) is 47.3 Å². The number of hydrogen-bond donors (Lipinski definition) is 0. The molecule has 1 aromatic heterocycles. The van der Waals surface area contributed by atoms with Gasteiger partial charge in [-0.05, 0) is 103 Å². The number of hydrogen-bond acceptors (Lipinski definition) is 9. The van der Waals surface area contributed by atoms with Crippen LogP contribution in [-0.4, -0.2) is 107 Å². The largest absolute Gasteiger partial charge is 0.315 e. The summed E-state index contributed by atoms with van der Waals surface area (Å²) in [4.78, 5) is 108. The molecule has 57 heavy (non-hydrogen) atoms. The molecule has 0 radical (unpaired) electrons. The molecular weight excluding hydrogens is 747 g/mol. The summed E-state index contributed by atoms with van der Waals surface area (Å²) in [6.45, 7) is 18.5. The van der Waals surface area contributed by atoms with Crippen LogP contribution in [0.1, 0.15) is 122 Å². The molecule has 2 aromatic carbocycles. The molecule has 5 aliphatic rings. The summed E-state index contributed by atoms with van der Waals surface area (Å²) in [6.07, 6.45) is 0. The number of benzene rings is 2. The lowest BCUT2D eigenvalue weighted by molar-refractivity contribution is -0.125. The molecule has 0 spiro atoms. The van der Waals surface area contributed by atoms with Crippen LogP contribution in [0.4, 0.5) is 0 Å². The summed E-state index contributed by atoms with van der Waals surface area (Å²) < 4.78 is 0. The molecule has 14 heteroatoms. The Morgan fingerprint density at radius 3 is 0.754 bits per heavy atom. The molecule has 0 saturated heterocycles. The normalized spacial score (nSPS) is 18.9. The number of allylic oxidation sites excluding steroid dienone is 2. The van der Waals surface area contributed by atoms with E-state index in [-0.39, 0.29) is 23.6 Å². The predicted molar refractivity (Wildman–Crippen MR) is 215 cm³/mol. The van der Waals surface area contributed by atoms with Gasteiger partial charge in [-0.1, -0.05) is 0 Å². The van der Waals surface area contributed by atoms with Crippen molar-refractivity contribution in [2.45, 2.75) is 69.2 Å². The van der Waals surface area contributed by atoms with Crippen LogP contribution in [0.25, 0.3) is 10.8 Å². The zero-order chi connectivity index (χ0) is 42.8. The lowest BCUT2D eigenvalue weighted by Gasteiger charge is -2.34. The smallest absolute Gasteiger partial charge is 0.262 e. The fourth-order valence-corrected chi connectivity index (χ4v) is 9.26. The highest BCUT2D eigenvalue weighted by Gasteiger charge is 2.43. The van der Waals surface area contributed by atoms with Crippen molar-refractivity contribution in [3.63, 3.8) is 0 Å². The molecule has 0 unspecified atom stereocenters. The van der Waals surface area contributed by atoms with Crippen LogP contribution in [0, 0.1) is 41.5 Å². The third-order valence-corrected chi connectivity index (χ3v) is 13.4. The molecule has 0 bridgehead atoms. The molecule has 6 heterocycles. The molecule has 8 amide bonds. The first kappa shape index (κ1) is 40.6. The summed E-state index contributed by atoms with van der Waals surface area (Å²) in [5.74, 6) is -2.11. The highest BCUT2D eigenvalue weighted by atomic mass is 32.1. The zero-order valence-corrected chi connectivity index (χ0v) is 35.7. The van der Waals surface area contributed by atoms with E-state index in [2.05, 4.69) is 0 Å². The Labute approximate surface area is 334 Å². The van der Waals surface area contributed by atoms with Crippen molar-refractivity contribution in [3.05, 3.63) is 99.1 Å². The fraction of sp³-hybridized carbons (Fsp3) is 0.349. The summed E-state index contributed by atoms with van der Waals surface area (Å²) >= 11 is 1.51. The van der Waals surface area contributed by atoms with Gasteiger partial charge in [-0.2, -0.15) is 0 Å². The number of aryl methyl sites for hydroxylation is 2. The van der Waals surface area contributed by atoms with Crippen LogP contribution in [0.2, 0.25) is 0 Å². The Kier molecular flexibility index (Phi) is 9.68. The van der Waals surface area contributed by atoms with Crippen LogP contribution in [0.15, 0.2) is 33.7 Å². The standard InChI is InChI=1S/C20H18N2O4.C14H18N2O2.C9H9NO2S/c1-7-8(2)12-16-14(20(26)22(6)18(12)24)10(4)9(3)13-15(16)11(7)17(23)21(5)19(13)25;1-7-9(3)15(5)13(17)11(7)12-8(2)10(4)16(6)14(12)18;1-4-6-7(5(2)13-4)9(12)10(3)8(6)11/h1-6H3;1-6H3;1-3H3/b;12-11+;. The number of carbonyl (C=O) groups is 8. The van der Waals surface area contributed by atoms with Crippen molar-refractivity contribution < 1.29 is 38.4 Å². The summed E-state index contributed by atoms with van der Waals surface area (Å²) in [7, 11) is 7.92. The van der Waals surface area contributed by atoms with Gasteiger partial charge >= 0.3 is 0 Å². The van der Waals surface area contributed by atoms with Crippen LogP contribution < -0.4 is 0 Å². The second kappa shape index (κ2) is 13.6.